The first-order valence-electron chi connectivity index (χ1n) is 29.3. The number of hydrogen-bond donors (Lipinski definition) is 3. The van der Waals surface area contributed by atoms with Crippen LogP contribution in [-0.2, 0) is 9.53 Å². The molecule has 5 N–H and O–H groups in total. The Labute approximate surface area is 591 Å². The number of imidazole rings is 1. The summed E-state index contributed by atoms with van der Waals surface area (Å²) in [4.78, 5) is 85.0. The molecule has 0 saturated heterocycles. The van der Waals surface area contributed by atoms with E-state index in [-0.39, 0.29) is 193 Å². The fourth-order valence-corrected chi connectivity index (χ4v) is 9.97. The van der Waals surface area contributed by atoms with E-state index in [0.717, 1.165) is 0 Å². The molecule has 0 saturated carbocycles. The molecule has 0 amide bonds. The van der Waals surface area contributed by atoms with Crippen molar-refractivity contribution in [1.82, 2.24) is 49.8 Å². The third-order valence-corrected chi connectivity index (χ3v) is 14.9. The molecule has 0 spiro atoms. The lowest BCUT2D eigenvalue weighted by atomic mass is 10.1. The van der Waals surface area contributed by atoms with E-state index < -0.39 is 17.8 Å². The lowest BCUT2D eigenvalue weighted by molar-refractivity contribution is -0.143. The molecule has 106 heavy (non-hydrogen) atoms. The Morgan fingerprint density at radius 3 is 1.35 bits per heavy atom. The van der Waals surface area contributed by atoms with Gasteiger partial charge < -0.3 is 30.0 Å². The first kappa shape index (κ1) is 68.7. The Bertz CT molecular complexity index is 6700. The standard InChI is InChI=1S/C34H8N16O.C28H10N12O3.C8H6N4/c1-41-22-8-27-25(7-17(22)11-37)46-34(51-27)33-49-29(18-3-4-21-28(19(18)12-38)47-32(43-21)26(14-40)42-2)48-31(50-33)20(13-39)30-44-23-5-15(9-35)16(10-36)6-24(23)45-30;1-4-42-28(41)16(11-31)24-38-23(14-5-6-17-22(15(14)10-30)37-25(35-17)20(12-32)34-3)39-26(40-24)27-36-19-7-13(9-29)18(33-2)8-21(19)43-27;9-3-5-1-7(11)8(12)2-6(5)4-10/h3-8,20H,(H,44,45);5-8,16H,4H2,1H3;1-2H,11-12H2/b32-26+;25-20+;. The van der Waals surface area contributed by atoms with Crippen LogP contribution in [0.2, 0.25) is 0 Å². The average molecular weight is 1380 g/mol. The second kappa shape index (κ2) is 29.0. The van der Waals surface area contributed by atoms with Gasteiger partial charge in [0.25, 0.3) is 11.8 Å². The number of nitrogens with two attached hydrogens (primary N) is 2. The van der Waals surface area contributed by atoms with E-state index in [9.17, 15) is 57.4 Å². The van der Waals surface area contributed by atoms with Crippen LogP contribution in [-0.4, -0.2) is 62.4 Å². The van der Waals surface area contributed by atoms with E-state index in [1.54, 1.807) is 19.1 Å². The van der Waals surface area contributed by atoms with Gasteiger partial charge in [0.2, 0.25) is 28.9 Å². The van der Waals surface area contributed by atoms with Crippen LogP contribution in [0.3, 0.4) is 0 Å². The fraction of sp³-hybridized carbons (Fsp3) is 0.0571. The number of esters is 1. The molecular weight excluding hydrogens is 1350 g/mol. The second-order valence-corrected chi connectivity index (χ2v) is 20.9. The van der Waals surface area contributed by atoms with Crippen LogP contribution in [0.4, 0.5) is 22.7 Å². The highest BCUT2D eigenvalue weighted by molar-refractivity contribution is 5.86. The Morgan fingerprint density at radius 2 is 0.934 bits per heavy atom. The van der Waals surface area contributed by atoms with Gasteiger partial charge in [-0.05, 0) is 79.7 Å². The van der Waals surface area contributed by atoms with Crippen molar-refractivity contribution in [2.45, 2.75) is 18.8 Å². The van der Waals surface area contributed by atoms with Crippen LogP contribution < -0.4 is 32.9 Å². The largest absolute Gasteiger partial charge is 0.465 e. The van der Waals surface area contributed by atoms with Crippen molar-refractivity contribution in [1.29, 1.82) is 63.1 Å². The lowest BCUT2D eigenvalue weighted by Gasteiger charge is -2.10. The molecule has 0 bridgehead atoms. The molecule has 6 aromatic carbocycles. The Morgan fingerprint density at radius 1 is 0.500 bits per heavy atom. The summed E-state index contributed by atoms with van der Waals surface area (Å²) in [6.07, 6.45) is 0. The third-order valence-electron chi connectivity index (χ3n) is 14.9. The lowest BCUT2D eigenvalue weighted by Crippen LogP contribution is -2.26. The number of carbonyl (C=O) groups is 1. The first-order valence-corrected chi connectivity index (χ1v) is 29.3. The number of oxazole rings is 2. The Hall–Kier alpha value is -18.7. The SMILES string of the molecule is N#Cc1cc(N)c(N)cc1C#N.[C-]#[N+]/C(C#N)=C1\N=c2ccc(-c3nc(-c4nc5cc(C#N)c([N+]#[C-])cc5o4)nc(C(C#N)C(=O)OCC)n3)c(C#N)c2=N1.[C-]#[N+]/C(C#N)=C1\N=c2ccc(-c3nc(-c4nc5cc(C#N)c([N+]#[C-])cc5o4)nc(C(C#N)c4nc5cc(C#N)c(C#N)cc5[nH]4)n3)c(C#N)c2=N1. The summed E-state index contributed by atoms with van der Waals surface area (Å²) in [5, 5.41) is 115. The van der Waals surface area contributed by atoms with Gasteiger partial charge in [0.05, 0.1) is 147 Å². The quantitative estimate of drug-likeness (QED) is 0.0563. The van der Waals surface area contributed by atoms with Gasteiger partial charge in [-0.3, -0.25) is 4.79 Å². The summed E-state index contributed by atoms with van der Waals surface area (Å²) in [5.41, 5.74) is 13.2. The Kier molecular flexibility index (Phi) is 18.8. The molecule has 2 aliphatic heterocycles. The predicted octanol–water partition coefficient (Wildman–Crippen LogP) is 7.05. The number of nitrogens with one attached hydrogen (secondary N) is 1. The molecular formula is C70H24N32O4. The fourth-order valence-electron chi connectivity index (χ4n) is 9.97. The van der Waals surface area contributed by atoms with Gasteiger partial charge in [-0.1, -0.05) is 0 Å². The molecule has 0 aliphatic carbocycles. The third kappa shape index (κ3) is 12.7. The highest BCUT2D eigenvalue weighted by Crippen LogP contribution is 2.35. The highest BCUT2D eigenvalue weighted by Gasteiger charge is 2.31. The van der Waals surface area contributed by atoms with Crippen LogP contribution in [0, 0.1) is 162 Å². The van der Waals surface area contributed by atoms with Gasteiger partial charge >= 0.3 is 17.4 Å². The maximum Gasteiger partial charge on any atom is 0.331 e. The summed E-state index contributed by atoms with van der Waals surface area (Å²) in [5.74, 6) is -5.61. The monoisotopic (exact) mass is 1380 g/mol. The molecule has 5 aromatic heterocycles. The van der Waals surface area contributed by atoms with Crippen molar-refractivity contribution in [2.75, 3.05) is 18.1 Å². The van der Waals surface area contributed by atoms with Crippen LogP contribution in [0.5, 0.6) is 0 Å². The zero-order valence-corrected chi connectivity index (χ0v) is 53.0. The summed E-state index contributed by atoms with van der Waals surface area (Å²) in [6, 6.07) is 39.8. The minimum atomic E-state index is -1.59. The molecule has 36 heteroatoms. The van der Waals surface area contributed by atoms with Gasteiger partial charge in [-0.2, -0.15) is 52.6 Å². The van der Waals surface area contributed by atoms with Crippen molar-refractivity contribution in [2.24, 2.45) is 20.0 Å². The molecule has 2 atom stereocenters. The number of allylic oxidation sites excluding steroid dienone is 2. The molecule has 7 heterocycles. The zero-order chi connectivity index (χ0) is 75.6. The second-order valence-electron chi connectivity index (χ2n) is 20.9. The minimum Gasteiger partial charge on any atom is -0.465 e. The summed E-state index contributed by atoms with van der Waals surface area (Å²) in [6.45, 7) is 30.7. The molecule has 2 unspecified atom stereocenters. The van der Waals surface area contributed by atoms with Crippen LogP contribution in [0.1, 0.15) is 80.7 Å². The maximum atomic E-state index is 12.6. The van der Waals surface area contributed by atoms with Crippen molar-refractivity contribution >= 4 is 62.0 Å². The van der Waals surface area contributed by atoms with Gasteiger partial charge in [0, 0.05) is 11.1 Å². The van der Waals surface area contributed by atoms with E-state index >= 15 is 0 Å². The van der Waals surface area contributed by atoms with Gasteiger partial charge in [0.15, 0.2) is 40.9 Å². The molecule has 0 radical (unpaired) electrons. The number of carbonyl (C=O) groups excluding carboxylic acids is 1. The number of nitriles is 12. The van der Waals surface area contributed by atoms with Crippen molar-refractivity contribution in [3.8, 4) is 119 Å². The summed E-state index contributed by atoms with van der Waals surface area (Å²) < 4.78 is 16.7. The van der Waals surface area contributed by atoms with E-state index in [2.05, 4.69) is 101 Å². The van der Waals surface area contributed by atoms with E-state index in [4.69, 9.17) is 61.9 Å². The summed E-state index contributed by atoms with van der Waals surface area (Å²) in [7, 11) is 0. The number of aromatic amines is 1. The van der Waals surface area contributed by atoms with Crippen LogP contribution in [0.15, 0.2) is 125 Å². The molecule has 488 valence electrons. The van der Waals surface area contributed by atoms with Gasteiger partial charge in [-0.15, -0.1) is 0 Å². The number of nitrogen functional groups attached to an aromatic ring is 2. The topological polar surface area (TPSA) is 589 Å². The number of anilines is 2. The smallest absolute Gasteiger partial charge is 0.331 e. The number of hydrogen-bond acceptors (Lipinski definition) is 31. The van der Waals surface area contributed by atoms with Gasteiger partial charge in [0.1, 0.15) is 75.2 Å². The minimum absolute atomic E-state index is 0.0168. The van der Waals surface area contributed by atoms with E-state index in [0.29, 0.717) is 22.4 Å². The molecule has 2 aliphatic rings. The first-order chi connectivity index (χ1) is 51.4. The van der Waals surface area contributed by atoms with Crippen molar-refractivity contribution in [3.05, 3.63) is 225 Å². The van der Waals surface area contributed by atoms with Crippen molar-refractivity contribution in [3.63, 3.8) is 0 Å². The molecule has 11 aromatic rings. The van der Waals surface area contributed by atoms with Crippen molar-refractivity contribution < 1.29 is 18.4 Å². The number of rotatable bonds is 9. The van der Waals surface area contributed by atoms with Crippen LogP contribution >= 0.6 is 0 Å². The number of H-pyrrole nitrogens is 1. The molecule has 36 nitrogen and oxygen atoms in total. The predicted molar refractivity (Wildman–Crippen MR) is 354 cm³/mol. The number of nitrogens with zero attached hydrogens (tertiary/aromatic N) is 29. The average Bonchev–Trinajstić information content (AvgIpc) is 1.49. The maximum absolute atomic E-state index is 12.6. The van der Waals surface area contributed by atoms with Crippen LogP contribution in [0.25, 0.3) is 98.8 Å². The summed E-state index contributed by atoms with van der Waals surface area (Å²) >= 11 is 0. The van der Waals surface area contributed by atoms with Gasteiger partial charge in [-0.25, -0.2) is 94.7 Å². The molecule has 13 rings (SSSR count). The molecule has 0 fully saturated rings. The number of ether oxygens (including phenoxy) is 1. The zero-order valence-electron chi connectivity index (χ0n) is 53.0. The number of fused-ring (bicyclic) bond motifs is 5. The highest BCUT2D eigenvalue weighted by atomic mass is 16.5. The van der Waals surface area contributed by atoms with E-state index in [1.165, 1.54) is 72.8 Å². The number of aromatic nitrogens is 10. The normalized spacial score (nSPS) is 12.3. The Balaban J connectivity index is 0.000000185. The van der Waals surface area contributed by atoms with E-state index in [1.807, 2.05) is 48.6 Å². The number of benzene rings is 6.